The quantitative estimate of drug-likeness (QED) is 0.611. The number of ether oxygens (including phenoxy) is 2. The van der Waals surface area contributed by atoms with Crippen LogP contribution < -0.4 is 5.32 Å². The highest BCUT2D eigenvalue weighted by atomic mass is 16.6. The van der Waals surface area contributed by atoms with Crippen LogP contribution in [0.25, 0.3) is 0 Å². The molecule has 1 amide bonds. The summed E-state index contributed by atoms with van der Waals surface area (Å²) < 4.78 is 9.80. The summed E-state index contributed by atoms with van der Waals surface area (Å²) in [4.78, 5) is 10.6. The summed E-state index contributed by atoms with van der Waals surface area (Å²) in [5, 5.41) is 2.51. The standard InChI is InChI=1S/C7H11NO3/c1-3-4-5-6(10-2)8-7(9)11-5/h3,5-6H,1,4H2,2H3,(H,8,9)/t5-,6-/m1/s1. The van der Waals surface area contributed by atoms with Gasteiger partial charge in [0.15, 0.2) is 12.3 Å². The van der Waals surface area contributed by atoms with Gasteiger partial charge >= 0.3 is 6.09 Å². The molecule has 1 N–H and O–H groups in total. The van der Waals surface area contributed by atoms with Gasteiger partial charge < -0.3 is 9.47 Å². The Balaban J connectivity index is 2.49. The molecule has 4 heteroatoms. The van der Waals surface area contributed by atoms with Crippen molar-refractivity contribution < 1.29 is 14.3 Å². The number of amides is 1. The van der Waals surface area contributed by atoms with Crippen LogP contribution in [-0.2, 0) is 9.47 Å². The van der Waals surface area contributed by atoms with Crippen LogP contribution in [-0.4, -0.2) is 25.5 Å². The van der Waals surface area contributed by atoms with E-state index >= 15 is 0 Å². The SMILES string of the molecule is C=CC[C@H]1OC(=O)N[C@@H]1OC. The molecule has 0 aromatic heterocycles. The van der Waals surface area contributed by atoms with E-state index in [0.29, 0.717) is 6.42 Å². The Morgan fingerprint density at radius 2 is 2.64 bits per heavy atom. The number of hydrogen-bond donors (Lipinski definition) is 1. The Labute approximate surface area is 65.2 Å². The first kappa shape index (κ1) is 8.07. The third-order valence-corrected chi connectivity index (χ3v) is 1.51. The van der Waals surface area contributed by atoms with Crippen molar-refractivity contribution in [2.75, 3.05) is 7.11 Å². The molecule has 11 heavy (non-hydrogen) atoms. The van der Waals surface area contributed by atoms with Gasteiger partial charge in [0.1, 0.15) is 0 Å². The highest BCUT2D eigenvalue weighted by molar-refractivity contribution is 5.69. The van der Waals surface area contributed by atoms with Gasteiger partial charge in [0, 0.05) is 13.5 Å². The summed E-state index contributed by atoms with van der Waals surface area (Å²) in [6, 6.07) is 0. The van der Waals surface area contributed by atoms with Crippen molar-refractivity contribution in [2.45, 2.75) is 18.8 Å². The van der Waals surface area contributed by atoms with E-state index in [-0.39, 0.29) is 12.3 Å². The van der Waals surface area contributed by atoms with Gasteiger partial charge in [-0.15, -0.1) is 6.58 Å². The van der Waals surface area contributed by atoms with Crippen LogP contribution in [0.1, 0.15) is 6.42 Å². The number of cyclic esters (lactones) is 1. The highest BCUT2D eigenvalue weighted by Gasteiger charge is 2.32. The molecule has 1 fully saturated rings. The van der Waals surface area contributed by atoms with Crippen molar-refractivity contribution in [1.82, 2.24) is 5.32 Å². The average molecular weight is 157 g/mol. The largest absolute Gasteiger partial charge is 0.441 e. The predicted octanol–water partition coefficient (Wildman–Crippen LogP) is 0.643. The monoisotopic (exact) mass is 157 g/mol. The first-order valence-corrected chi connectivity index (χ1v) is 3.38. The van der Waals surface area contributed by atoms with Gasteiger partial charge in [-0.25, -0.2) is 4.79 Å². The minimum absolute atomic E-state index is 0.231. The molecule has 0 spiro atoms. The van der Waals surface area contributed by atoms with E-state index < -0.39 is 6.09 Å². The number of hydrogen-bond acceptors (Lipinski definition) is 3. The van der Waals surface area contributed by atoms with E-state index in [2.05, 4.69) is 11.9 Å². The molecule has 0 unspecified atom stereocenters. The smallest absolute Gasteiger partial charge is 0.409 e. The van der Waals surface area contributed by atoms with E-state index in [9.17, 15) is 4.79 Å². The lowest BCUT2D eigenvalue weighted by molar-refractivity contribution is 0.0235. The lowest BCUT2D eigenvalue weighted by Crippen LogP contribution is -2.32. The number of alkyl carbamates (subject to hydrolysis) is 1. The molecule has 0 aliphatic carbocycles. The van der Waals surface area contributed by atoms with Gasteiger partial charge in [-0.2, -0.15) is 0 Å². The Kier molecular flexibility index (Phi) is 2.48. The Hall–Kier alpha value is -1.03. The fourth-order valence-corrected chi connectivity index (χ4v) is 0.989. The number of carbonyl (C=O) groups is 1. The molecule has 4 nitrogen and oxygen atoms in total. The van der Waals surface area contributed by atoms with Crippen molar-refractivity contribution in [3.05, 3.63) is 12.7 Å². The summed E-state index contributed by atoms with van der Waals surface area (Å²) >= 11 is 0. The van der Waals surface area contributed by atoms with Gasteiger partial charge in [-0.3, -0.25) is 5.32 Å². The lowest BCUT2D eigenvalue weighted by atomic mass is 10.2. The highest BCUT2D eigenvalue weighted by Crippen LogP contribution is 2.12. The maximum Gasteiger partial charge on any atom is 0.409 e. The second-order valence-electron chi connectivity index (χ2n) is 2.27. The molecular formula is C7H11NO3. The number of carbonyl (C=O) groups excluding carboxylic acids is 1. The van der Waals surface area contributed by atoms with Crippen molar-refractivity contribution in [3.63, 3.8) is 0 Å². The Bertz CT molecular complexity index is 169. The molecular weight excluding hydrogens is 146 g/mol. The number of nitrogens with one attached hydrogen (secondary N) is 1. The molecule has 0 saturated carbocycles. The number of rotatable bonds is 3. The fourth-order valence-electron chi connectivity index (χ4n) is 0.989. The van der Waals surface area contributed by atoms with Crippen LogP contribution >= 0.6 is 0 Å². The lowest BCUT2D eigenvalue weighted by Gasteiger charge is -2.12. The van der Waals surface area contributed by atoms with E-state index in [1.807, 2.05) is 0 Å². The van der Waals surface area contributed by atoms with Crippen LogP contribution in [0.5, 0.6) is 0 Å². The second-order valence-corrected chi connectivity index (χ2v) is 2.27. The molecule has 2 atom stereocenters. The zero-order chi connectivity index (χ0) is 8.27. The molecule has 0 bridgehead atoms. The molecule has 0 aromatic rings. The molecule has 0 aromatic carbocycles. The zero-order valence-electron chi connectivity index (χ0n) is 6.37. The van der Waals surface area contributed by atoms with Gasteiger partial charge in [0.25, 0.3) is 0 Å². The Morgan fingerprint density at radius 1 is 1.91 bits per heavy atom. The number of methoxy groups -OCH3 is 1. The van der Waals surface area contributed by atoms with E-state index in [1.165, 1.54) is 7.11 Å². The summed E-state index contributed by atoms with van der Waals surface area (Å²) in [6.07, 6.45) is 1.31. The van der Waals surface area contributed by atoms with Crippen LogP contribution in [0.2, 0.25) is 0 Å². The summed E-state index contributed by atoms with van der Waals surface area (Å²) in [5.74, 6) is 0. The third kappa shape index (κ3) is 1.71. The predicted molar refractivity (Wildman–Crippen MR) is 39.0 cm³/mol. The van der Waals surface area contributed by atoms with Crippen LogP contribution in [0, 0.1) is 0 Å². The topological polar surface area (TPSA) is 47.6 Å². The second kappa shape index (κ2) is 3.39. The van der Waals surface area contributed by atoms with Gasteiger partial charge in [-0.05, 0) is 0 Å². The summed E-state index contributed by atoms with van der Waals surface area (Å²) in [7, 11) is 1.52. The van der Waals surface area contributed by atoms with Gasteiger partial charge in [-0.1, -0.05) is 6.08 Å². The van der Waals surface area contributed by atoms with Crippen molar-refractivity contribution in [3.8, 4) is 0 Å². The molecule has 62 valence electrons. The molecule has 1 heterocycles. The molecule has 1 rings (SSSR count). The summed E-state index contributed by atoms with van der Waals surface area (Å²) in [5.41, 5.74) is 0. The average Bonchev–Trinajstić information content (AvgIpc) is 2.32. The molecule has 0 radical (unpaired) electrons. The van der Waals surface area contributed by atoms with E-state index in [0.717, 1.165) is 0 Å². The Morgan fingerprint density at radius 3 is 3.18 bits per heavy atom. The normalized spacial score (nSPS) is 29.4. The van der Waals surface area contributed by atoms with Crippen LogP contribution in [0.4, 0.5) is 4.79 Å². The minimum atomic E-state index is -0.427. The summed E-state index contributed by atoms with van der Waals surface area (Å²) in [6.45, 7) is 3.54. The van der Waals surface area contributed by atoms with Gasteiger partial charge in [0.05, 0.1) is 0 Å². The molecule has 1 aliphatic heterocycles. The van der Waals surface area contributed by atoms with Crippen molar-refractivity contribution in [1.29, 1.82) is 0 Å². The van der Waals surface area contributed by atoms with E-state index in [1.54, 1.807) is 6.08 Å². The van der Waals surface area contributed by atoms with Crippen LogP contribution in [0.15, 0.2) is 12.7 Å². The fraction of sp³-hybridized carbons (Fsp3) is 0.571. The maximum absolute atomic E-state index is 10.6. The van der Waals surface area contributed by atoms with Crippen molar-refractivity contribution >= 4 is 6.09 Å². The molecule has 1 saturated heterocycles. The van der Waals surface area contributed by atoms with Gasteiger partial charge in [0.2, 0.25) is 0 Å². The van der Waals surface area contributed by atoms with Crippen LogP contribution in [0.3, 0.4) is 0 Å². The molecule has 1 aliphatic rings. The zero-order valence-corrected chi connectivity index (χ0v) is 6.37. The first-order valence-electron chi connectivity index (χ1n) is 3.38. The van der Waals surface area contributed by atoms with E-state index in [4.69, 9.17) is 9.47 Å². The third-order valence-electron chi connectivity index (χ3n) is 1.51. The minimum Gasteiger partial charge on any atom is -0.441 e. The first-order chi connectivity index (χ1) is 5.27. The maximum atomic E-state index is 10.6. The van der Waals surface area contributed by atoms with Crippen molar-refractivity contribution in [2.24, 2.45) is 0 Å².